The second-order valence-corrected chi connectivity index (χ2v) is 5.64. The maximum absolute atomic E-state index is 6.16. The van der Waals surface area contributed by atoms with E-state index >= 15 is 0 Å². The molecule has 0 radical (unpaired) electrons. The molecule has 0 unspecified atom stereocenters. The Labute approximate surface area is 129 Å². The molecule has 0 aliphatic carbocycles. The van der Waals surface area contributed by atoms with Gasteiger partial charge in [-0.1, -0.05) is 59.8 Å². The average Bonchev–Trinajstić information content (AvgIpc) is 2.48. The molecule has 20 heavy (non-hydrogen) atoms. The van der Waals surface area contributed by atoms with Crippen molar-refractivity contribution >= 4 is 23.4 Å². The van der Waals surface area contributed by atoms with Crippen LogP contribution in [0.5, 0.6) is 0 Å². The van der Waals surface area contributed by atoms with Crippen LogP contribution in [-0.4, -0.2) is 6.54 Å². The van der Waals surface area contributed by atoms with E-state index in [-0.39, 0.29) is 0 Å². The lowest BCUT2D eigenvalue weighted by molar-refractivity contribution is 1.30. The Morgan fingerprint density at radius 3 is 2.35 bits per heavy atom. The second kappa shape index (κ2) is 8.01. The molecule has 0 bridgehead atoms. The normalized spacial score (nSPS) is 9.90. The van der Waals surface area contributed by atoms with Crippen LogP contribution in [0, 0.1) is 11.8 Å². The van der Waals surface area contributed by atoms with E-state index in [0.717, 1.165) is 22.1 Å². The SMILES string of the molecule is NCC#Cc1ccccc1CSCc1ccccc1Cl. The molecule has 0 aromatic heterocycles. The molecule has 2 N–H and O–H groups in total. The van der Waals surface area contributed by atoms with Gasteiger partial charge in [-0.3, -0.25) is 0 Å². The van der Waals surface area contributed by atoms with Crippen molar-refractivity contribution in [1.29, 1.82) is 0 Å². The Balaban J connectivity index is 1.99. The van der Waals surface area contributed by atoms with Crippen LogP contribution in [0.2, 0.25) is 5.02 Å². The van der Waals surface area contributed by atoms with E-state index in [4.69, 9.17) is 17.3 Å². The zero-order valence-electron chi connectivity index (χ0n) is 11.1. The van der Waals surface area contributed by atoms with Gasteiger partial charge in [-0.05, 0) is 23.3 Å². The highest BCUT2D eigenvalue weighted by Gasteiger charge is 2.02. The average molecular weight is 302 g/mol. The summed E-state index contributed by atoms with van der Waals surface area (Å²) in [7, 11) is 0. The number of benzene rings is 2. The van der Waals surface area contributed by atoms with Gasteiger partial charge in [0.2, 0.25) is 0 Å². The molecule has 0 atom stereocenters. The Bertz CT molecular complexity index is 628. The Kier molecular flexibility index (Phi) is 6.01. The molecule has 0 saturated heterocycles. The molecule has 0 amide bonds. The van der Waals surface area contributed by atoms with E-state index in [1.54, 1.807) is 0 Å². The Morgan fingerprint density at radius 2 is 1.60 bits per heavy atom. The fourth-order valence-corrected chi connectivity index (χ4v) is 3.13. The maximum Gasteiger partial charge on any atom is 0.0555 e. The summed E-state index contributed by atoms with van der Waals surface area (Å²) in [5.74, 6) is 7.85. The molecule has 102 valence electrons. The summed E-state index contributed by atoms with van der Waals surface area (Å²) in [6, 6.07) is 16.2. The van der Waals surface area contributed by atoms with Crippen LogP contribution in [0.15, 0.2) is 48.5 Å². The highest BCUT2D eigenvalue weighted by Crippen LogP contribution is 2.24. The Morgan fingerprint density at radius 1 is 0.950 bits per heavy atom. The Hall–Kier alpha value is -1.40. The van der Waals surface area contributed by atoms with Crippen molar-refractivity contribution < 1.29 is 0 Å². The van der Waals surface area contributed by atoms with Gasteiger partial charge in [0.05, 0.1) is 6.54 Å². The van der Waals surface area contributed by atoms with Crippen LogP contribution in [0.1, 0.15) is 16.7 Å². The lowest BCUT2D eigenvalue weighted by Gasteiger charge is -2.06. The third kappa shape index (κ3) is 4.31. The molecule has 0 heterocycles. The topological polar surface area (TPSA) is 26.0 Å². The largest absolute Gasteiger partial charge is 0.320 e. The minimum absolute atomic E-state index is 0.390. The van der Waals surface area contributed by atoms with Crippen molar-refractivity contribution in [2.75, 3.05) is 6.54 Å². The fraction of sp³-hybridized carbons (Fsp3) is 0.176. The molecule has 0 aliphatic heterocycles. The zero-order chi connectivity index (χ0) is 14.2. The number of hydrogen-bond donors (Lipinski definition) is 1. The van der Waals surface area contributed by atoms with Gasteiger partial charge in [0.25, 0.3) is 0 Å². The molecule has 2 rings (SSSR count). The molecule has 0 saturated carbocycles. The molecule has 0 fully saturated rings. The highest BCUT2D eigenvalue weighted by atomic mass is 35.5. The second-order valence-electron chi connectivity index (χ2n) is 4.25. The number of hydrogen-bond acceptors (Lipinski definition) is 2. The number of thioether (sulfide) groups is 1. The van der Waals surface area contributed by atoms with Gasteiger partial charge in [0, 0.05) is 22.1 Å². The summed E-state index contributed by atoms with van der Waals surface area (Å²) in [5, 5.41) is 0.830. The zero-order valence-corrected chi connectivity index (χ0v) is 12.7. The maximum atomic E-state index is 6.16. The van der Waals surface area contributed by atoms with Crippen LogP contribution in [0.25, 0.3) is 0 Å². The quantitative estimate of drug-likeness (QED) is 0.861. The minimum Gasteiger partial charge on any atom is -0.320 e. The molecule has 2 aromatic carbocycles. The molecule has 0 aliphatic rings. The summed E-state index contributed by atoms with van der Waals surface area (Å²) in [6.07, 6.45) is 0. The summed E-state index contributed by atoms with van der Waals surface area (Å²) < 4.78 is 0. The van der Waals surface area contributed by atoms with Gasteiger partial charge in [0.15, 0.2) is 0 Å². The summed E-state index contributed by atoms with van der Waals surface area (Å²) >= 11 is 7.99. The smallest absolute Gasteiger partial charge is 0.0555 e. The molecule has 0 spiro atoms. The van der Waals surface area contributed by atoms with E-state index in [0.29, 0.717) is 6.54 Å². The lowest BCUT2D eigenvalue weighted by Crippen LogP contribution is -1.94. The summed E-state index contributed by atoms with van der Waals surface area (Å²) in [5.41, 5.74) is 8.90. The van der Waals surface area contributed by atoms with Crippen molar-refractivity contribution in [1.82, 2.24) is 0 Å². The molecular weight excluding hydrogens is 286 g/mol. The monoisotopic (exact) mass is 301 g/mol. The highest BCUT2D eigenvalue weighted by molar-refractivity contribution is 7.97. The van der Waals surface area contributed by atoms with Crippen molar-refractivity contribution in [2.45, 2.75) is 11.5 Å². The van der Waals surface area contributed by atoms with Crippen molar-refractivity contribution in [3.05, 3.63) is 70.2 Å². The third-order valence-corrected chi connectivity index (χ3v) is 4.21. The predicted octanol–water partition coefficient (Wildman–Crippen LogP) is 4.08. The summed E-state index contributed by atoms with van der Waals surface area (Å²) in [6.45, 7) is 0.390. The molecular formula is C17H16ClNS. The van der Waals surface area contributed by atoms with Crippen molar-refractivity contribution in [3.63, 3.8) is 0 Å². The van der Waals surface area contributed by atoms with E-state index in [9.17, 15) is 0 Å². The van der Waals surface area contributed by atoms with Crippen LogP contribution in [0.4, 0.5) is 0 Å². The first-order chi connectivity index (χ1) is 9.81. The minimum atomic E-state index is 0.390. The summed E-state index contributed by atoms with van der Waals surface area (Å²) in [4.78, 5) is 0. The first-order valence-corrected chi connectivity index (χ1v) is 7.92. The third-order valence-electron chi connectivity index (χ3n) is 2.82. The standard InChI is InChI=1S/C17H16ClNS/c18-17-10-4-3-8-16(17)13-20-12-15-7-2-1-6-14(15)9-5-11-19/h1-4,6-8,10H,11-13,19H2. The lowest BCUT2D eigenvalue weighted by atomic mass is 10.1. The molecule has 3 heteroatoms. The molecule has 2 aromatic rings. The van der Waals surface area contributed by atoms with Gasteiger partial charge in [-0.25, -0.2) is 0 Å². The van der Waals surface area contributed by atoms with Crippen molar-refractivity contribution in [3.8, 4) is 11.8 Å². The number of halogens is 1. The predicted molar refractivity (Wildman–Crippen MR) is 88.8 cm³/mol. The van der Waals surface area contributed by atoms with Crippen LogP contribution < -0.4 is 5.73 Å². The van der Waals surface area contributed by atoms with Gasteiger partial charge in [-0.2, -0.15) is 11.8 Å². The van der Waals surface area contributed by atoms with Crippen LogP contribution in [0.3, 0.4) is 0 Å². The van der Waals surface area contributed by atoms with Crippen molar-refractivity contribution in [2.24, 2.45) is 5.73 Å². The number of nitrogens with two attached hydrogens (primary N) is 1. The van der Waals surface area contributed by atoms with E-state index < -0.39 is 0 Å². The van der Waals surface area contributed by atoms with Crippen LogP contribution in [-0.2, 0) is 11.5 Å². The van der Waals surface area contributed by atoms with E-state index in [1.165, 1.54) is 11.1 Å². The number of rotatable bonds is 4. The van der Waals surface area contributed by atoms with Gasteiger partial charge >= 0.3 is 0 Å². The van der Waals surface area contributed by atoms with E-state index in [2.05, 4.69) is 24.0 Å². The first kappa shape index (κ1) is 15.0. The van der Waals surface area contributed by atoms with Gasteiger partial charge in [0.1, 0.15) is 0 Å². The van der Waals surface area contributed by atoms with Gasteiger partial charge in [-0.15, -0.1) is 0 Å². The van der Waals surface area contributed by atoms with Gasteiger partial charge < -0.3 is 5.73 Å². The van der Waals surface area contributed by atoms with Crippen LogP contribution >= 0.6 is 23.4 Å². The molecule has 1 nitrogen and oxygen atoms in total. The first-order valence-electron chi connectivity index (χ1n) is 6.39. The van der Waals surface area contributed by atoms with E-state index in [1.807, 2.05) is 48.2 Å². The fourth-order valence-electron chi connectivity index (χ4n) is 1.80.